The summed E-state index contributed by atoms with van der Waals surface area (Å²) in [5.41, 5.74) is 2.58. The summed E-state index contributed by atoms with van der Waals surface area (Å²) in [6.45, 7) is 6.98. The van der Waals surface area contributed by atoms with Crippen LogP contribution in [-0.2, 0) is 14.3 Å². The van der Waals surface area contributed by atoms with Crippen molar-refractivity contribution in [2.24, 2.45) is 0 Å². The number of hydrogen-bond donors (Lipinski definition) is 1. The first-order valence-corrected chi connectivity index (χ1v) is 10.7. The number of fused-ring (bicyclic) bond motifs is 1. The Morgan fingerprint density at radius 2 is 1.84 bits per heavy atom. The molecule has 3 rings (SSSR count). The van der Waals surface area contributed by atoms with Crippen LogP contribution >= 0.6 is 0 Å². The van der Waals surface area contributed by atoms with Crippen LogP contribution in [0.4, 0.5) is 5.69 Å². The standard InChI is InChI=1S/C25H29NO5/c1-4-17(2)20-8-5-6-9-21(20)26-25(28)18(3)31-24(27)13-11-19-10-12-22-23(16-19)30-15-7-14-29-22/h5-6,8-13,16-18H,4,7,14-15H2,1-3H3,(H,26,28)/b13-11+/t17-,18-/m0/s1. The maximum atomic E-state index is 12.5. The summed E-state index contributed by atoms with van der Waals surface area (Å²) in [5.74, 6) is 0.701. The number of esters is 1. The molecule has 0 radical (unpaired) electrons. The van der Waals surface area contributed by atoms with Crippen molar-refractivity contribution in [2.45, 2.75) is 45.6 Å². The van der Waals surface area contributed by atoms with Gasteiger partial charge in [-0.25, -0.2) is 4.79 Å². The average molecular weight is 424 g/mol. The van der Waals surface area contributed by atoms with Crippen molar-refractivity contribution in [1.29, 1.82) is 0 Å². The first-order chi connectivity index (χ1) is 15.0. The van der Waals surface area contributed by atoms with Gasteiger partial charge in [0, 0.05) is 18.2 Å². The zero-order chi connectivity index (χ0) is 22.2. The van der Waals surface area contributed by atoms with Crippen molar-refractivity contribution in [3.05, 3.63) is 59.7 Å². The molecule has 1 heterocycles. The Bertz CT molecular complexity index is 953. The molecule has 0 saturated carbocycles. The second-order valence-corrected chi connectivity index (χ2v) is 7.55. The normalized spacial score (nSPS) is 15.1. The van der Waals surface area contributed by atoms with E-state index >= 15 is 0 Å². The summed E-state index contributed by atoms with van der Waals surface area (Å²) in [6.07, 6.45) is 3.79. The number of hydrogen-bond acceptors (Lipinski definition) is 5. The predicted molar refractivity (Wildman–Crippen MR) is 120 cm³/mol. The molecule has 6 nitrogen and oxygen atoms in total. The monoisotopic (exact) mass is 423 g/mol. The number of ether oxygens (including phenoxy) is 3. The Hall–Kier alpha value is -3.28. The van der Waals surface area contributed by atoms with Gasteiger partial charge >= 0.3 is 5.97 Å². The topological polar surface area (TPSA) is 73.9 Å². The minimum Gasteiger partial charge on any atom is -0.490 e. The van der Waals surface area contributed by atoms with E-state index in [4.69, 9.17) is 14.2 Å². The van der Waals surface area contributed by atoms with Gasteiger partial charge in [0.05, 0.1) is 13.2 Å². The summed E-state index contributed by atoms with van der Waals surface area (Å²) < 4.78 is 16.5. The van der Waals surface area contributed by atoms with Crippen LogP contribution in [0.5, 0.6) is 11.5 Å². The Kier molecular flexibility index (Phi) is 7.70. The highest BCUT2D eigenvalue weighted by atomic mass is 16.5. The van der Waals surface area contributed by atoms with Gasteiger partial charge in [0.2, 0.25) is 0 Å². The van der Waals surface area contributed by atoms with Gasteiger partial charge < -0.3 is 19.5 Å². The van der Waals surface area contributed by atoms with Gasteiger partial charge in [0.1, 0.15) is 0 Å². The molecule has 2 aromatic rings. The number of rotatable bonds is 7. The van der Waals surface area contributed by atoms with Crippen molar-refractivity contribution in [3.63, 3.8) is 0 Å². The molecule has 0 aliphatic carbocycles. The molecule has 0 bridgehead atoms. The Labute approximate surface area is 183 Å². The van der Waals surface area contributed by atoms with Gasteiger partial charge in [-0.3, -0.25) is 4.79 Å². The molecule has 2 atom stereocenters. The molecule has 0 unspecified atom stereocenters. The number of carbonyl (C=O) groups excluding carboxylic acids is 2. The largest absolute Gasteiger partial charge is 0.490 e. The van der Waals surface area contributed by atoms with Crippen LogP contribution in [0, 0.1) is 0 Å². The van der Waals surface area contributed by atoms with E-state index in [1.165, 1.54) is 6.08 Å². The van der Waals surface area contributed by atoms with Crippen LogP contribution in [0.3, 0.4) is 0 Å². The van der Waals surface area contributed by atoms with Crippen LogP contribution in [0.1, 0.15) is 50.7 Å². The van der Waals surface area contributed by atoms with Crippen molar-refractivity contribution in [3.8, 4) is 11.5 Å². The van der Waals surface area contributed by atoms with Gasteiger partial charge in [0.15, 0.2) is 17.6 Å². The maximum Gasteiger partial charge on any atom is 0.331 e. The summed E-state index contributed by atoms with van der Waals surface area (Å²) >= 11 is 0. The number of carbonyl (C=O) groups is 2. The summed E-state index contributed by atoms with van der Waals surface area (Å²) in [4.78, 5) is 24.7. The van der Waals surface area contributed by atoms with Gasteiger partial charge in [-0.05, 0) is 54.7 Å². The maximum absolute atomic E-state index is 12.5. The average Bonchev–Trinajstić information content (AvgIpc) is 3.02. The second kappa shape index (κ2) is 10.7. The van der Waals surface area contributed by atoms with Gasteiger partial charge in [-0.2, -0.15) is 0 Å². The second-order valence-electron chi connectivity index (χ2n) is 7.55. The zero-order valence-electron chi connectivity index (χ0n) is 18.2. The number of anilines is 1. The lowest BCUT2D eigenvalue weighted by molar-refractivity contribution is -0.148. The van der Waals surface area contributed by atoms with E-state index in [0.29, 0.717) is 30.6 Å². The highest BCUT2D eigenvalue weighted by molar-refractivity contribution is 5.97. The lowest BCUT2D eigenvalue weighted by Gasteiger charge is -2.17. The number of nitrogens with one attached hydrogen (secondary N) is 1. The Morgan fingerprint density at radius 1 is 1.10 bits per heavy atom. The summed E-state index contributed by atoms with van der Waals surface area (Å²) in [7, 11) is 0. The Morgan fingerprint density at radius 3 is 2.61 bits per heavy atom. The smallest absolute Gasteiger partial charge is 0.331 e. The molecule has 31 heavy (non-hydrogen) atoms. The van der Waals surface area contributed by atoms with Crippen LogP contribution in [0.25, 0.3) is 6.08 Å². The molecule has 6 heteroatoms. The third kappa shape index (κ3) is 6.10. The van der Waals surface area contributed by atoms with E-state index < -0.39 is 12.1 Å². The van der Waals surface area contributed by atoms with Crippen LogP contribution < -0.4 is 14.8 Å². The number of benzene rings is 2. The molecule has 1 amide bonds. The number of amides is 1. The minimum absolute atomic E-state index is 0.313. The number of para-hydroxylation sites is 1. The van der Waals surface area contributed by atoms with E-state index in [-0.39, 0.29) is 5.91 Å². The highest BCUT2D eigenvalue weighted by Gasteiger charge is 2.19. The third-order valence-electron chi connectivity index (χ3n) is 5.21. The lowest BCUT2D eigenvalue weighted by atomic mass is 9.97. The molecule has 0 fully saturated rings. The molecule has 2 aromatic carbocycles. The fraction of sp³-hybridized carbons (Fsp3) is 0.360. The van der Waals surface area contributed by atoms with Crippen molar-refractivity contribution < 1.29 is 23.8 Å². The van der Waals surface area contributed by atoms with E-state index in [1.54, 1.807) is 13.0 Å². The molecule has 0 aromatic heterocycles. The molecule has 1 aliphatic heterocycles. The van der Waals surface area contributed by atoms with Gasteiger partial charge in [-0.15, -0.1) is 0 Å². The van der Waals surface area contributed by atoms with E-state index in [1.807, 2.05) is 42.5 Å². The van der Waals surface area contributed by atoms with Crippen LogP contribution in [0.2, 0.25) is 0 Å². The molecule has 1 aliphatic rings. The van der Waals surface area contributed by atoms with E-state index in [0.717, 1.165) is 29.7 Å². The Balaban J connectivity index is 1.58. The molecular weight excluding hydrogens is 394 g/mol. The quantitative estimate of drug-likeness (QED) is 0.504. The predicted octanol–water partition coefficient (Wildman–Crippen LogP) is 4.95. The minimum atomic E-state index is -0.925. The van der Waals surface area contributed by atoms with Crippen molar-refractivity contribution in [1.82, 2.24) is 0 Å². The van der Waals surface area contributed by atoms with Gasteiger partial charge in [-0.1, -0.05) is 38.1 Å². The van der Waals surface area contributed by atoms with Crippen molar-refractivity contribution in [2.75, 3.05) is 18.5 Å². The SMILES string of the molecule is CC[C@H](C)c1ccccc1NC(=O)[C@H](C)OC(=O)/C=C/c1ccc2c(c1)OCCCO2. The molecule has 0 spiro atoms. The summed E-state index contributed by atoms with van der Waals surface area (Å²) in [6, 6.07) is 13.1. The third-order valence-corrected chi connectivity index (χ3v) is 5.21. The lowest BCUT2D eigenvalue weighted by Crippen LogP contribution is -2.29. The van der Waals surface area contributed by atoms with Crippen molar-refractivity contribution >= 4 is 23.6 Å². The van der Waals surface area contributed by atoms with Crippen LogP contribution in [-0.4, -0.2) is 31.2 Å². The highest BCUT2D eigenvalue weighted by Crippen LogP contribution is 2.31. The first-order valence-electron chi connectivity index (χ1n) is 10.7. The molecule has 1 N–H and O–H groups in total. The first kappa shape index (κ1) is 22.4. The fourth-order valence-electron chi connectivity index (χ4n) is 3.21. The molecule has 164 valence electrons. The fourth-order valence-corrected chi connectivity index (χ4v) is 3.21. The molecule has 0 saturated heterocycles. The van der Waals surface area contributed by atoms with E-state index in [2.05, 4.69) is 19.2 Å². The van der Waals surface area contributed by atoms with E-state index in [9.17, 15) is 9.59 Å². The van der Waals surface area contributed by atoms with Gasteiger partial charge in [0.25, 0.3) is 5.91 Å². The summed E-state index contributed by atoms with van der Waals surface area (Å²) in [5, 5.41) is 2.87. The molecular formula is C25H29NO5. The van der Waals surface area contributed by atoms with Crippen LogP contribution in [0.15, 0.2) is 48.5 Å². The zero-order valence-corrected chi connectivity index (χ0v) is 18.2.